The van der Waals surface area contributed by atoms with Crippen LogP contribution in [0.2, 0.25) is 0 Å². The van der Waals surface area contributed by atoms with Gasteiger partial charge in [0.25, 0.3) is 5.91 Å². The molecule has 0 saturated carbocycles. The zero-order chi connectivity index (χ0) is 15.8. The third kappa shape index (κ3) is 6.89. The largest absolute Gasteiger partial charge is 0.380 e. The maximum absolute atomic E-state index is 11.8. The highest BCUT2D eigenvalue weighted by atomic mass is 35.5. The third-order valence-electron chi connectivity index (χ3n) is 2.86. The number of halogens is 1. The predicted molar refractivity (Wildman–Crippen MR) is 89.4 cm³/mol. The number of hydrogen-bond donors (Lipinski definition) is 3. The minimum Gasteiger partial charge on any atom is -0.380 e. The lowest BCUT2D eigenvalue weighted by atomic mass is 10.1. The number of rotatable bonds is 7. The molecular formula is C15H24ClN3O3. The topological polar surface area (TPSA) is 93.4 Å². The fourth-order valence-corrected chi connectivity index (χ4v) is 1.73. The van der Waals surface area contributed by atoms with Crippen LogP contribution in [0.25, 0.3) is 0 Å². The first-order valence-electron chi connectivity index (χ1n) is 6.90. The first-order valence-corrected chi connectivity index (χ1v) is 6.90. The van der Waals surface area contributed by atoms with E-state index in [4.69, 9.17) is 10.5 Å². The molecule has 1 rings (SSSR count). The highest BCUT2D eigenvalue weighted by Gasteiger charge is 2.12. The van der Waals surface area contributed by atoms with E-state index in [9.17, 15) is 9.59 Å². The molecule has 124 valence electrons. The fourth-order valence-electron chi connectivity index (χ4n) is 1.73. The van der Waals surface area contributed by atoms with Gasteiger partial charge in [-0.1, -0.05) is 0 Å². The summed E-state index contributed by atoms with van der Waals surface area (Å²) in [6.07, 6.45) is -0.0936. The monoisotopic (exact) mass is 329 g/mol. The van der Waals surface area contributed by atoms with E-state index in [1.54, 1.807) is 24.3 Å². The normalized spacial score (nSPS) is 11.5. The lowest BCUT2D eigenvalue weighted by molar-refractivity contribution is -0.118. The Labute approximate surface area is 137 Å². The highest BCUT2D eigenvalue weighted by molar-refractivity contribution is 5.96. The van der Waals surface area contributed by atoms with Crippen molar-refractivity contribution in [2.45, 2.75) is 32.4 Å². The van der Waals surface area contributed by atoms with Crippen molar-refractivity contribution >= 4 is 29.9 Å². The molecule has 22 heavy (non-hydrogen) atoms. The summed E-state index contributed by atoms with van der Waals surface area (Å²) in [5.41, 5.74) is 6.65. The molecule has 0 saturated heterocycles. The molecule has 7 heteroatoms. The summed E-state index contributed by atoms with van der Waals surface area (Å²) in [4.78, 5) is 23.6. The Hall–Kier alpha value is -1.63. The maximum Gasteiger partial charge on any atom is 0.251 e. The Morgan fingerprint density at radius 3 is 2.27 bits per heavy atom. The Bertz CT molecular complexity index is 473. The van der Waals surface area contributed by atoms with Gasteiger partial charge in [-0.3, -0.25) is 9.59 Å². The summed E-state index contributed by atoms with van der Waals surface area (Å²) in [6, 6.07) is 6.81. The summed E-state index contributed by atoms with van der Waals surface area (Å²) in [6.45, 7) is 4.09. The average molecular weight is 330 g/mol. The lowest BCUT2D eigenvalue weighted by Gasteiger charge is -2.13. The molecule has 6 nitrogen and oxygen atoms in total. The molecule has 0 fully saturated rings. The lowest BCUT2D eigenvalue weighted by Crippen LogP contribution is -2.30. The van der Waals surface area contributed by atoms with E-state index in [0.717, 1.165) is 0 Å². The van der Waals surface area contributed by atoms with E-state index < -0.39 is 0 Å². The summed E-state index contributed by atoms with van der Waals surface area (Å²) in [5.74, 6) is -0.308. The van der Waals surface area contributed by atoms with Crippen LogP contribution < -0.4 is 16.4 Å². The van der Waals surface area contributed by atoms with Gasteiger partial charge in [0.2, 0.25) is 5.91 Å². The van der Waals surface area contributed by atoms with Gasteiger partial charge in [0.15, 0.2) is 0 Å². The van der Waals surface area contributed by atoms with Crippen molar-refractivity contribution in [3.8, 4) is 0 Å². The molecule has 0 aliphatic heterocycles. The quantitative estimate of drug-likeness (QED) is 0.707. The molecular weight excluding hydrogens is 306 g/mol. The molecule has 1 aromatic carbocycles. The van der Waals surface area contributed by atoms with Gasteiger partial charge in [-0.2, -0.15) is 0 Å². The van der Waals surface area contributed by atoms with Crippen molar-refractivity contribution in [3.63, 3.8) is 0 Å². The van der Waals surface area contributed by atoms with Gasteiger partial charge >= 0.3 is 0 Å². The van der Waals surface area contributed by atoms with Gasteiger partial charge in [0, 0.05) is 30.9 Å². The smallest absolute Gasteiger partial charge is 0.251 e. The summed E-state index contributed by atoms with van der Waals surface area (Å²) < 4.78 is 5.06. The summed E-state index contributed by atoms with van der Waals surface area (Å²) in [5, 5.41) is 5.55. The molecule has 0 radical (unpaired) electrons. The maximum atomic E-state index is 11.8. The standard InChI is InChI=1S/C15H23N3O3.ClH/c1-10(2)17-15(20)11-4-6-12(7-5-11)18-14(19)8-13(9-16)21-3;/h4-7,10,13H,8-9,16H2,1-3H3,(H,17,20)(H,18,19);1H. The van der Waals surface area contributed by atoms with Crippen LogP contribution in [-0.4, -0.2) is 37.6 Å². The zero-order valence-corrected chi connectivity index (χ0v) is 13.9. The number of amides is 2. The molecule has 0 aliphatic rings. The Kier molecular flexibility index (Phi) is 9.40. The highest BCUT2D eigenvalue weighted by Crippen LogP contribution is 2.11. The second kappa shape index (κ2) is 10.2. The third-order valence-corrected chi connectivity index (χ3v) is 2.86. The molecule has 4 N–H and O–H groups in total. The van der Waals surface area contributed by atoms with Crippen LogP contribution in [0.5, 0.6) is 0 Å². The van der Waals surface area contributed by atoms with E-state index >= 15 is 0 Å². The summed E-state index contributed by atoms with van der Waals surface area (Å²) in [7, 11) is 1.52. The van der Waals surface area contributed by atoms with E-state index in [1.165, 1.54) is 7.11 Å². The van der Waals surface area contributed by atoms with Crippen LogP contribution in [0.15, 0.2) is 24.3 Å². The van der Waals surface area contributed by atoms with Gasteiger partial charge in [-0.25, -0.2) is 0 Å². The van der Waals surface area contributed by atoms with E-state index in [1.807, 2.05) is 13.8 Å². The first kappa shape index (κ1) is 20.4. The van der Waals surface area contributed by atoms with Crippen LogP contribution in [0.4, 0.5) is 5.69 Å². The average Bonchev–Trinajstić information content (AvgIpc) is 2.44. The number of nitrogens with one attached hydrogen (secondary N) is 2. The van der Waals surface area contributed by atoms with Crippen molar-refractivity contribution in [1.29, 1.82) is 0 Å². The minimum atomic E-state index is -0.291. The van der Waals surface area contributed by atoms with Gasteiger partial charge in [-0.05, 0) is 38.1 Å². The fraction of sp³-hybridized carbons (Fsp3) is 0.467. The Balaban J connectivity index is 0.00000441. The molecule has 0 bridgehead atoms. The van der Waals surface area contributed by atoms with Crippen LogP contribution in [0.3, 0.4) is 0 Å². The molecule has 1 atom stereocenters. The van der Waals surface area contributed by atoms with E-state index in [-0.39, 0.29) is 49.3 Å². The molecule has 1 aromatic rings. The number of anilines is 1. The number of benzene rings is 1. The van der Waals surface area contributed by atoms with Crippen molar-refractivity contribution in [3.05, 3.63) is 29.8 Å². The van der Waals surface area contributed by atoms with Crippen LogP contribution in [-0.2, 0) is 9.53 Å². The molecule has 0 heterocycles. The van der Waals surface area contributed by atoms with E-state index in [0.29, 0.717) is 11.3 Å². The predicted octanol–water partition coefficient (Wildman–Crippen LogP) is 1.55. The molecule has 0 spiro atoms. The van der Waals surface area contributed by atoms with Gasteiger partial charge in [-0.15, -0.1) is 12.4 Å². The number of nitrogens with two attached hydrogens (primary N) is 1. The SMILES string of the molecule is COC(CN)CC(=O)Nc1ccc(C(=O)NC(C)C)cc1.Cl. The minimum absolute atomic E-state index is 0. The number of ether oxygens (including phenoxy) is 1. The van der Waals surface area contributed by atoms with Crippen LogP contribution in [0.1, 0.15) is 30.6 Å². The number of carbonyl (C=O) groups excluding carboxylic acids is 2. The Morgan fingerprint density at radius 1 is 1.23 bits per heavy atom. The number of hydrogen-bond acceptors (Lipinski definition) is 4. The second-order valence-corrected chi connectivity index (χ2v) is 5.05. The van der Waals surface area contributed by atoms with Crippen molar-refractivity contribution in [2.24, 2.45) is 5.73 Å². The van der Waals surface area contributed by atoms with Crippen LogP contribution >= 0.6 is 12.4 Å². The van der Waals surface area contributed by atoms with Crippen molar-refractivity contribution < 1.29 is 14.3 Å². The van der Waals surface area contributed by atoms with Crippen molar-refractivity contribution in [2.75, 3.05) is 19.0 Å². The zero-order valence-electron chi connectivity index (χ0n) is 13.1. The molecule has 1 unspecified atom stereocenters. The molecule has 2 amide bonds. The van der Waals surface area contributed by atoms with Gasteiger partial charge < -0.3 is 21.1 Å². The second-order valence-electron chi connectivity index (χ2n) is 5.05. The number of methoxy groups -OCH3 is 1. The van der Waals surface area contributed by atoms with Crippen LogP contribution in [0, 0.1) is 0 Å². The Morgan fingerprint density at radius 2 is 1.82 bits per heavy atom. The van der Waals surface area contributed by atoms with Gasteiger partial charge in [0.05, 0.1) is 12.5 Å². The van der Waals surface area contributed by atoms with E-state index in [2.05, 4.69) is 10.6 Å². The molecule has 0 aliphatic carbocycles. The summed E-state index contributed by atoms with van der Waals surface area (Å²) >= 11 is 0. The molecule has 0 aromatic heterocycles. The van der Waals surface area contributed by atoms with Gasteiger partial charge in [0.1, 0.15) is 0 Å². The first-order chi connectivity index (χ1) is 9.96. The number of carbonyl (C=O) groups is 2. The van der Waals surface area contributed by atoms with Crippen molar-refractivity contribution in [1.82, 2.24) is 5.32 Å².